The van der Waals surface area contributed by atoms with Crippen LogP contribution in [-0.4, -0.2) is 29.6 Å². The van der Waals surface area contributed by atoms with Gasteiger partial charge in [-0.05, 0) is 59.4 Å². The van der Waals surface area contributed by atoms with Crippen molar-refractivity contribution in [1.29, 1.82) is 0 Å². The van der Waals surface area contributed by atoms with Crippen molar-refractivity contribution < 1.29 is 4.79 Å². The first kappa shape index (κ1) is 16.4. The van der Waals surface area contributed by atoms with Crippen LogP contribution in [0.5, 0.6) is 0 Å². The third-order valence-corrected chi connectivity index (χ3v) is 3.82. The normalized spacial score (nSPS) is 23.9. The van der Waals surface area contributed by atoms with E-state index in [0.717, 1.165) is 19.3 Å². The van der Waals surface area contributed by atoms with Gasteiger partial charge < -0.3 is 16.4 Å². The molecule has 4 heteroatoms. The highest BCUT2D eigenvalue weighted by molar-refractivity contribution is 5.76. The predicted molar refractivity (Wildman–Crippen MR) is 79.9 cm³/mol. The average Bonchev–Trinajstić information content (AvgIpc) is 2.21. The zero-order valence-electron chi connectivity index (χ0n) is 13.2. The molecule has 0 saturated carbocycles. The lowest BCUT2D eigenvalue weighted by molar-refractivity contribution is -0.122. The molecule has 1 amide bonds. The molecule has 0 spiro atoms. The first-order valence-corrected chi connectivity index (χ1v) is 7.42. The summed E-state index contributed by atoms with van der Waals surface area (Å²) in [5.74, 6) is 0.588. The van der Waals surface area contributed by atoms with Crippen LogP contribution in [0.15, 0.2) is 0 Å². The number of carbonyl (C=O) groups excluding carboxylic acids is 1. The second-order valence-corrected chi connectivity index (χ2v) is 7.45. The van der Waals surface area contributed by atoms with Gasteiger partial charge in [0.25, 0.3) is 0 Å². The maximum absolute atomic E-state index is 12.0. The SMILES string of the molecule is CC(CN)CCC(=O)NC1CC(C)(C)NC(C)(C)C1. The highest BCUT2D eigenvalue weighted by Gasteiger charge is 2.37. The molecular formula is C15H31N3O. The monoisotopic (exact) mass is 269 g/mol. The van der Waals surface area contributed by atoms with E-state index in [1.807, 2.05) is 0 Å². The van der Waals surface area contributed by atoms with Gasteiger partial charge in [0.15, 0.2) is 0 Å². The van der Waals surface area contributed by atoms with E-state index in [0.29, 0.717) is 18.9 Å². The van der Waals surface area contributed by atoms with Gasteiger partial charge in [-0.15, -0.1) is 0 Å². The highest BCUT2D eigenvalue weighted by atomic mass is 16.1. The number of rotatable bonds is 5. The third kappa shape index (κ3) is 5.91. The lowest BCUT2D eigenvalue weighted by Crippen LogP contribution is -2.62. The smallest absolute Gasteiger partial charge is 0.220 e. The predicted octanol–water partition coefficient (Wildman–Crippen LogP) is 1.79. The first-order valence-electron chi connectivity index (χ1n) is 7.42. The molecule has 0 aromatic rings. The van der Waals surface area contributed by atoms with Gasteiger partial charge in [0, 0.05) is 23.5 Å². The Kier molecular flexibility index (Phi) is 5.39. The largest absolute Gasteiger partial charge is 0.353 e. The van der Waals surface area contributed by atoms with Crippen LogP contribution in [0.4, 0.5) is 0 Å². The molecule has 4 nitrogen and oxygen atoms in total. The van der Waals surface area contributed by atoms with Crippen LogP contribution in [0.3, 0.4) is 0 Å². The third-order valence-electron chi connectivity index (χ3n) is 3.82. The summed E-state index contributed by atoms with van der Waals surface area (Å²) in [7, 11) is 0. The lowest BCUT2D eigenvalue weighted by atomic mass is 9.79. The quantitative estimate of drug-likeness (QED) is 0.713. The second-order valence-electron chi connectivity index (χ2n) is 7.45. The molecule has 19 heavy (non-hydrogen) atoms. The second kappa shape index (κ2) is 6.23. The first-order chi connectivity index (χ1) is 8.63. The zero-order chi connectivity index (χ0) is 14.7. The summed E-state index contributed by atoms with van der Waals surface area (Å²) in [6.07, 6.45) is 3.42. The summed E-state index contributed by atoms with van der Waals surface area (Å²) in [4.78, 5) is 12.0. The molecule has 1 atom stereocenters. The number of nitrogens with one attached hydrogen (secondary N) is 2. The number of nitrogens with two attached hydrogens (primary N) is 1. The fourth-order valence-electron chi connectivity index (χ4n) is 3.22. The van der Waals surface area contributed by atoms with Gasteiger partial charge in [-0.2, -0.15) is 0 Å². The zero-order valence-corrected chi connectivity index (χ0v) is 13.2. The van der Waals surface area contributed by atoms with Gasteiger partial charge >= 0.3 is 0 Å². The summed E-state index contributed by atoms with van der Waals surface area (Å²) < 4.78 is 0. The molecule has 112 valence electrons. The Bertz CT molecular complexity index is 297. The van der Waals surface area contributed by atoms with E-state index in [-0.39, 0.29) is 23.0 Å². The summed E-state index contributed by atoms with van der Waals surface area (Å²) in [6.45, 7) is 11.5. The van der Waals surface area contributed by atoms with Crippen molar-refractivity contribution in [1.82, 2.24) is 10.6 Å². The molecule has 1 unspecified atom stereocenters. The highest BCUT2D eigenvalue weighted by Crippen LogP contribution is 2.28. The molecular weight excluding hydrogens is 238 g/mol. The number of hydrogen-bond donors (Lipinski definition) is 3. The van der Waals surface area contributed by atoms with Crippen LogP contribution in [0.1, 0.15) is 60.3 Å². The van der Waals surface area contributed by atoms with Crippen LogP contribution in [0.25, 0.3) is 0 Å². The molecule has 1 heterocycles. The van der Waals surface area contributed by atoms with Crippen molar-refractivity contribution in [3.63, 3.8) is 0 Å². The Morgan fingerprint density at radius 3 is 2.32 bits per heavy atom. The number of piperidine rings is 1. The van der Waals surface area contributed by atoms with Crippen LogP contribution in [-0.2, 0) is 4.79 Å². The minimum absolute atomic E-state index is 0.0737. The van der Waals surface area contributed by atoms with Gasteiger partial charge in [0.05, 0.1) is 0 Å². The Labute approximate surface area is 117 Å². The Balaban J connectivity index is 2.45. The molecule has 1 rings (SSSR count). The summed E-state index contributed by atoms with van der Waals surface area (Å²) in [5, 5.41) is 6.82. The van der Waals surface area contributed by atoms with Crippen LogP contribution < -0.4 is 16.4 Å². The topological polar surface area (TPSA) is 67.2 Å². The molecule has 0 radical (unpaired) electrons. The maximum Gasteiger partial charge on any atom is 0.220 e. The molecule has 0 aliphatic carbocycles. The van der Waals surface area contributed by atoms with Crippen LogP contribution in [0.2, 0.25) is 0 Å². The Morgan fingerprint density at radius 2 is 1.84 bits per heavy atom. The Hall–Kier alpha value is -0.610. The van der Waals surface area contributed by atoms with E-state index in [4.69, 9.17) is 5.73 Å². The van der Waals surface area contributed by atoms with E-state index in [1.54, 1.807) is 0 Å². The van der Waals surface area contributed by atoms with Gasteiger partial charge in [-0.25, -0.2) is 0 Å². The number of amides is 1. The molecule has 1 aliphatic heterocycles. The van der Waals surface area contributed by atoms with E-state index in [1.165, 1.54) is 0 Å². The minimum atomic E-state index is 0.0737. The van der Waals surface area contributed by atoms with Gasteiger partial charge in [0.2, 0.25) is 5.91 Å². The van der Waals surface area contributed by atoms with Gasteiger partial charge in [-0.1, -0.05) is 6.92 Å². The van der Waals surface area contributed by atoms with Gasteiger partial charge in [0.1, 0.15) is 0 Å². The van der Waals surface area contributed by atoms with Crippen LogP contribution in [0, 0.1) is 5.92 Å². The van der Waals surface area contributed by atoms with E-state index < -0.39 is 0 Å². The van der Waals surface area contributed by atoms with Crippen LogP contribution >= 0.6 is 0 Å². The molecule has 4 N–H and O–H groups in total. The van der Waals surface area contributed by atoms with Crippen molar-refractivity contribution in [2.24, 2.45) is 11.7 Å². The van der Waals surface area contributed by atoms with Crippen molar-refractivity contribution in [2.75, 3.05) is 6.54 Å². The molecule has 1 fully saturated rings. The molecule has 0 aromatic carbocycles. The fraction of sp³-hybridized carbons (Fsp3) is 0.933. The maximum atomic E-state index is 12.0. The standard InChI is InChI=1S/C15H31N3O/c1-11(10-16)6-7-13(19)17-12-8-14(2,3)18-15(4,5)9-12/h11-12,18H,6-10,16H2,1-5H3,(H,17,19). The molecule has 1 saturated heterocycles. The van der Waals surface area contributed by atoms with Crippen molar-refractivity contribution in [2.45, 2.75) is 77.4 Å². The minimum Gasteiger partial charge on any atom is -0.353 e. The van der Waals surface area contributed by atoms with Crippen molar-refractivity contribution >= 4 is 5.91 Å². The van der Waals surface area contributed by atoms with Gasteiger partial charge in [-0.3, -0.25) is 4.79 Å². The number of carbonyl (C=O) groups is 1. The van der Waals surface area contributed by atoms with Crippen molar-refractivity contribution in [3.05, 3.63) is 0 Å². The number of hydrogen-bond acceptors (Lipinski definition) is 3. The lowest BCUT2D eigenvalue weighted by Gasteiger charge is -2.46. The van der Waals surface area contributed by atoms with E-state index in [2.05, 4.69) is 45.3 Å². The van der Waals surface area contributed by atoms with Crippen molar-refractivity contribution in [3.8, 4) is 0 Å². The molecule has 1 aliphatic rings. The molecule has 0 bridgehead atoms. The van der Waals surface area contributed by atoms with E-state index >= 15 is 0 Å². The summed E-state index contributed by atoms with van der Waals surface area (Å²) in [5.41, 5.74) is 5.72. The molecule has 0 aromatic heterocycles. The average molecular weight is 269 g/mol. The summed E-state index contributed by atoms with van der Waals surface area (Å²) >= 11 is 0. The fourth-order valence-corrected chi connectivity index (χ4v) is 3.22. The summed E-state index contributed by atoms with van der Waals surface area (Å²) in [6, 6.07) is 0.270. The van der Waals surface area contributed by atoms with E-state index in [9.17, 15) is 4.79 Å². The Morgan fingerprint density at radius 1 is 1.32 bits per heavy atom.